The van der Waals surface area contributed by atoms with E-state index < -0.39 is 0 Å². The first-order chi connectivity index (χ1) is 8.71. The van der Waals surface area contributed by atoms with Gasteiger partial charge >= 0.3 is 0 Å². The van der Waals surface area contributed by atoms with Crippen molar-refractivity contribution in [3.05, 3.63) is 30.2 Å². The smallest absolute Gasteiger partial charge is 0.176 e. The van der Waals surface area contributed by atoms with Crippen LogP contribution in [0.2, 0.25) is 0 Å². The van der Waals surface area contributed by atoms with Crippen molar-refractivity contribution in [2.24, 2.45) is 5.73 Å². The number of furan rings is 2. The van der Waals surface area contributed by atoms with Crippen LogP contribution in [0.1, 0.15) is 24.8 Å². The molecule has 1 aliphatic rings. The first-order valence-corrected chi connectivity index (χ1v) is 6.09. The van der Waals surface area contributed by atoms with Crippen LogP contribution < -0.4 is 5.73 Å². The molecule has 0 spiro atoms. The van der Waals surface area contributed by atoms with E-state index in [1.54, 1.807) is 18.6 Å². The zero-order chi connectivity index (χ0) is 12.3. The molecule has 18 heavy (non-hydrogen) atoms. The maximum Gasteiger partial charge on any atom is 0.176 e. The number of phenolic OH excluding ortho intramolecular Hbond substituents is 1. The van der Waals surface area contributed by atoms with Gasteiger partial charge in [-0.05, 0) is 31.4 Å². The van der Waals surface area contributed by atoms with Gasteiger partial charge in [0.1, 0.15) is 5.58 Å². The molecule has 4 heteroatoms. The van der Waals surface area contributed by atoms with Gasteiger partial charge in [-0.2, -0.15) is 0 Å². The second-order valence-corrected chi connectivity index (χ2v) is 5.06. The molecular weight excluding hydrogens is 230 g/mol. The van der Waals surface area contributed by atoms with Crippen molar-refractivity contribution in [2.75, 3.05) is 0 Å². The van der Waals surface area contributed by atoms with E-state index >= 15 is 0 Å². The fourth-order valence-electron chi connectivity index (χ4n) is 2.93. The summed E-state index contributed by atoms with van der Waals surface area (Å²) in [4.78, 5) is 0. The van der Waals surface area contributed by atoms with Crippen LogP contribution >= 0.6 is 0 Å². The van der Waals surface area contributed by atoms with Gasteiger partial charge < -0.3 is 19.7 Å². The van der Waals surface area contributed by atoms with Crippen LogP contribution in [-0.4, -0.2) is 5.11 Å². The van der Waals surface area contributed by atoms with Gasteiger partial charge in [0.05, 0.1) is 17.9 Å². The Kier molecular flexibility index (Phi) is 1.72. The number of hydrogen-bond acceptors (Lipinski definition) is 4. The van der Waals surface area contributed by atoms with Crippen LogP contribution in [-0.2, 0) is 5.54 Å². The fraction of sp³-hybridized carbons (Fsp3) is 0.286. The van der Waals surface area contributed by atoms with Crippen LogP contribution in [0.15, 0.2) is 33.5 Å². The monoisotopic (exact) mass is 243 g/mol. The van der Waals surface area contributed by atoms with Crippen LogP contribution in [0, 0.1) is 0 Å². The molecule has 2 heterocycles. The Morgan fingerprint density at radius 1 is 1.06 bits per heavy atom. The normalized spacial score (nSPS) is 18.3. The third-order valence-electron chi connectivity index (χ3n) is 4.04. The highest BCUT2D eigenvalue weighted by molar-refractivity contribution is 6.04. The average Bonchev–Trinajstić information content (AvgIpc) is 2.94. The number of nitrogens with two attached hydrogens (primary N) is 1. The lowest BCUT2D eigenvalue weighted by atomic mass is 9.71. The Hall–Kier alpha value is -1.94. The number of rotatable bonds is 1. The Bertz CT molecular complexity index is 697. The molecule has 1 aromatic carbocycles. The standard InChI is InChI=1S/C14H13NO3/c15-14(4-1-5-14)10-8-2-6-18-13(8)11(16)9-3-7-17-12(9)10/h2-3,6-7,16H,1,4-5,15H2. The highest BCUT2D eigenvalue weighted by atomic mass is 16.4. The van der Waals surface area contributed by atoms with E-state index in [2.05, 4.69) is 0 Å². The van der Waals surface area contributed by atoms with Gasteiger partial charge in [0.2, 0.25) is 0 Å². The quantitative estimate of drug-likeness (QED) is 0.688. The van der Waals surface area contributed by atoms with Gasteiger partial charge in [0.15, 0.2) is 11.3 Å². The molecule has 0 radical (unpaired) electrons. The van der Waals surface area contributed by atoms with Gasteiger partial charge in [-0.3, -0.25) is 0 Å². The number of benzene rings is 1. The van der Waals surface area contributed by atoms with Crippen LogP contribution in [0.3, 0.4) is 0 Å². The minimum Gasteiger partial charge on any atom is -0.504 e. The molecule has 3 aromatic rings. The van der Waals surface area contributed by atoms with Crippen molar-refractivity contribution < 1.29 is 13.9 Å². The summed E-state index contributed by atoms with van der Waals surface area (Å²) in [5.41, 5.74) is 8.23. The number of phenols is 1. The van der Waals surface area contributed by atoms with Gasteiger partial charge in [0, 0.05) is 16.5 Å². The van der Waals surface area contributed by atoms with E-state index in [1.807, 2.05) is 6.07 Å². The molecule has 2 aromatic heterocycles. The third kappa shape index (κ3) is 1.04. The first-order valence-electron chi connectivity index (χ1n) is 6.09. The molecule has 0 atom stereocenters. The Labute approximate surface area is 103 Å². The van der Waals surface area contributed by atoms with Crippen LogP contribution in [0.25, 0.3) is 21.9 Å². The topological polar surface area (TPSA) is 72.5 Å². The molecule has 1 saturated carbocycles. The summed E-state index contributed by atoms with van der Waals surface area (Å²) in [7, 11) is 0. The summed E-state index contributed by atoms with van der Waals surface area (Å²) >= 11 is 0. The van der Waals surface area contributed by atoms with Crippen molar-refractivity contribution in [1.82, 2.24) is 0 Å². The lowest BCUT2D eigenvalue weighted by Gasteiger charge is -2.38. The molecule has 4 nitrogen and oxygen atoms in total. The van der Waals surface area contributed by atoms with Gasteiger partial charge in [0.25, 0.3) is 0 Å². The zero-order valence-electron chi connectivity index (χ0n) is 9.77. The second-order valence-electron chi connectivity index (χ2n) is 5.06. The molecule has 3 N–H and O–H groups in total. The van der Waals surface area contributed by atoms with E-state index in [-0.39, 0.29) is 11.3 Å². The minimum atomic E-state index is -0.355. The van der Waals surface area contributed by atoms with Crippen molar-refractivity contribution in [3.8, 4) is 5.75 Å². The molecular formula is C14H13NO3. The van der Waals surface area contributed by atoms with E-state index in [0.29, 0.717) is 16.6 Å². The molecule has 0 amide bonds. The van der Waals surface area contributed by atoms with Gasteiger partial charge in [-0.1, -0.05) is 0 Å². The molecule has 1 aliphatic carbocycles. The summed E-state index contributed by atoms with van der Waals surface area (Å²) < 4.78 is 10.9. The summed E-state index contributed by atoms with van der Waals surface area (Å²) in [6, 6.07) is 3.59. The van der Waals surface area contributed by atoms with Gasteiger partial charge in [-0.15, -0.1) is 0 Å². The summed E-state index contributed by atoms with van der Waals surface area (Å²) in [5.74, 6) is 0.130. The zero-order valence-corrected chi connectivity index (χ0v) is 9.77. The van der Waals surface area contributed by atoms with Gasteiger partial charge in [-0.25, -0.2) is 0 Å². The summed E-state index contributed by atoms with van der Waals surface area (Å²) in [5, 5.41) is 11.7. The van der Waals surface area contributed by atoms with Crippen LogP contribution in [0.4, 0.5) is 0 Å². The van der Waals surface area contributed by atoms with Crippen molar-refractivity contribution >= 4 is 21.9 Å². The molecule has 92 valence electrons. The largest absolute Gasteiger partial charge is 0.504 e. The number of fused-ring (bicyclic) bond motifs is 2. The van der Waals surface area contributed by atoms with E-state index in [0.717, 1.165) is 30.2 Å². The van der Waals surface area contributed by atoms with Crippen molar-refractivity contribution in [1.29, 1.82) is 0 Å². The van der Waals surface area contributed by atoms with E-state index in [9.17, 15) is 5.11 Å². The Balaban J connectivity index is 2.22. The minimum absolute atomic E-state index is 0.130. The Morgan fingerprint density at radius 2 is 1.72 bits per heavy atom. The fourth-order valence-corrected chi connectivity index (χ4v) is 2.93. The molecule has 0 unspecified atom stereocenters. The molecule has 0 bridgehead atoms. The predicted molar refractivity (Wildman–Crippen MR) is 67.4 cm³/mol. The van der Waals surface area contributed by atoms with Crippen molar-refractivity contribution in [3.63, 3.8) is 0 Å². The van der Waals surface area contributed by atoms with Crippen LogP contribution in [0.5, 0.6) is 5.75 Å². The Morgan fingerprint density at radius 3 is 2.39 bits per heavy atom. The summed E-state index contributed by atoms with van der Waals surface area (Å²) in [6.07, 6.45) is 6.16. The molecule has 0 aliphatic heterocycles. The average molecular weight is 243 g/mol. The SMILES string of the molecule is NC1(c2c3ccoc3c(O)c3ccoc23)CCC1. The lowest BCUT2D eigenvalue weighted by Crippen LogP contribution is -2.43. The first kappa shape index (κ1) is 10.0. The molecule has 4 rings (SSSR count). The molecule has 1 fully saturated rings. The van der Waals surface area contributed by atoms with Crippen molar-refractivity contribution in [2.45, 2.75) is 24.8 Å². The maximum atomic E-state index is 10.2. The highest BCUT2D eigenvalue weighted by Crippen LogP contribution is 2.48. The summed E-state index contributed by atoms with van der Waals surface area (Å²) in [6.45, 7) is 0. The molecule has 0 saturated heterocycles. The highest BCUT2D eigenvalue weighted by Gasteiger charge is 2.39. The third-order valence-corrected chi connectivity index (χ3v) is 4.04. The van der Waals surface area contributed by atoms with E-state index in [4.69, 9.17) is 14.6 Å². The second kappa shape index (κ2) is 3.09. The predicted octanol–water partition coefficient (Wildman–Crippen LogP) is 3.22. The van der Waals surface area contributed by atoms with E-state index in [1.165, 1.54) is 0 Å². The lowest BCUT2D eigenvalue weighted by molar-refractivity contribution is 0.255. The number of hydrogen-bond donors (Lipinski definition) is 2. The number of aromatic hydroxyl groups is 1. The maximum absolute atomic E-state index is 10.2.